The van der Waals surface area contributed by atoms with Gasteiger partial charge in [-0.3, -0.25) is 4.90 Å². The van der Waals surface area contributed by atoms with Gasteiger partial charge < -0.3 is 5.32 Å². The predicted octanol–water partition coefficient (Wildman–Crippen LogP) is 3.89. The minimum atomic E-state index is -4.25. The molecule has 0 bridgehead atoms. The van der Waals surface area contributed by atoms with Crippen LogP contribution in [0.2, 0.25) is 10.0 Å². The Morgan fingerprint density at radius 2 is 1.85 bits per heavy atom. The lowest BCUT2D eigenvalue weighted by Crippen LogP contribution is -2.46. The summed E-state index contributed by atoms with van der Waals surface area (Å²) in [5.41, 5.74) is 0.443. The highest BCUT2D eigenvalue weighted by Gasteiger charge is 2.36. The van der Waals surface area contributed by atoms with E-state index in [1.165, 1.54) is 0 Å². The Morgan fingerprint density at radius 3 is 2.45 bits per heavy atom. The average molecular weight is 327 g/mol. The first kappa shape index (κ1) is 15.9. The molecule has 2 nitrogen and oxygen atoms in total. The Balaban J connectivity index is 2.32. The van der Waals surface area contributed by atoms with Crippen LogP contribution in [0.25, 0.3) is 0 Å². The maximum atomic E-state index is 12.9. The Kier molecular flexibility index (Phi) is 5.18. The second-order valence-electron chi connectivity index (χ2n) is 4.76. The first-order valence-electron chi connectivity index (χ1n) is 6.34. The van der Waals surface area contributed by atoms with E-state index in [1.807, 2.05) is 4.90 Å². The number of halogens is 5. The minimum absolute atomic E-state index is 0.210. The van der Waals surface area contributed by atoms with Crippen molar-refractivity contribution in [3.05, 3.63) is 33.8 Å². The second-order valence-corrected chi connectivity index (χ2v) is 5.55. The van der Waals surface area contributed by atoms with Gasteiger partial charge in [-0.05, 0) is 11.6 Å². The van der Waals surface area contributed by atoms with E-state index in [-0.39, 0.29) is 10.0 Å². The Hall–Kier alpha value is -0.490. The van der Waals surface area contributed by atoms with Gasteiger partial charge in [0.25, 0.3) is 0 Å². The van der Waals surface area contributed by atoms with Crippen molar-refractivity contribution in [2.75, 3.05) is 26.2 Å². The Bertz CT molecular complexity index is 459. The molecular weight excluding hydrogens is 312 g/mol. The first-order chi connectivity index (χ1) is 9.38. The second kappa shape index (κ2) is 6.52. The SMILES string of the molecule is FC(F)(F)C[C@@H](c1cccc(Cl)c1Cl)N1CCNCC1. The van der Waals surface area contributed by atoms with E-state index in [4.69, 9.17) is 23.2 Å². The normalized spacial score (nSPS) is 19.1. The van der Waals surface area contributed by atoms with Crippen LogP contribution in [0.15, 0.2) is 18.2 Å². The van der Waals surface area contributed by atoms with Crippen molar-refractivity contribution in [2.45, 2.75) is 18.6 Å². The number of piperazine rings is 1. The van der Waals surface area contributed by atoms with Crippen LogP contribution in [0.3, 0.4) is 0 Å². The summed E-state index contributed by atoms with van der Waals surface area (Å²) in [6, 6.07) is 4.04. The third-order valence-corrected chi connectivity index (χ3v) is 4.19. The van der Waals surface area contributed by atoms with Gasteiger partial charge >= 0.3 is 6.18 Å². The number of hydrogen-bond acceptors (Lipinski definition) is 2. The summed E-state index contributed by atoms with van der Waals surface area (Å²) in [5.74, 6) is 0. The maximum Gasteiger partial charge on any atom is 0.390 e. The molecule has 1 aliphatic rings. The highest BCUT2D eigenvalue weighted by Crippen LogP contribution is 2.39. The molecule has 1 saturated heterocycles. The van der Waals surface area contributed by atoms with Crippen LogP contribution in [0, 0.1) is 0 Å². The first-order valence-corrected chi connectivity index (χ1v) is 7.09. The molecule has 112 valence electrons. The van der Waals surface area contributed by atoms with Crippen molar-refractivity contribution >= 4 is 23.2 Å². The minimum Gasteiger partial charge on any atom is -0.314 e. The molecule has 0 radical (unpaired) electrons. The fourth-order valence-corrected chi connectivity index (χ4v) is 2.86. The van der Waals surface area contributed by atoms with Crippen molar-refractivity contribution in [2.24, 2.45) is 0 Å². The highest BCUT2D eigenvalue weighted by molar-refractivity contribution is 6.42. The molecule has 0 aliphatic carbocycles. The third-order valence-electron chi connectivity index (χ3n) is 3.36. The molecule has 0 amide bonds. The summed E-state index contributed by atoms with van der Waals surface area (Å²) in [5, 5.41) is 3.62. The van der Waals surface area contributed by atoms with E-state index in [2.05, 4.69) is 5.32 Å². The number of benzene rings is 1. The summed E-state index contributed by atoms with van der Waals surface area (Å²) in [7, 11) is 0. The van der Waals surface area contributed by atoms with Crippen molar-refractivity contribution in [1.29, 1.82) is 0 Å². The van der Waals surface area contributed by atoms with Crippen LogP contribution in [-0.2, 0) is 0 Å². The van der Waals surface area contributed by atoms with E-state index in [0.717, 1.165) is 0 Å². The van der Waals surface area contributed by atoms with E-state index in [0.29, 0.717) is 31.7 Å². The van der Waals surface area contributed by atoms with Gasteiger partial charge in [0.05, 0.1) is 16.5 Å². The summed E-state index contributed by atoms with van der Waals surface area (Å²) in [4.78, 5) is 1.81. The third kappa shape index (κ3) is 4.01. The van der Waals surface area contributed by atoms with Crippen LogP contribution in [0.5, 0.6) is 0 Å². The quantitative estimate of drug-likeness (QED) is 0.906. The molecular formula is C13H15Cl2F3N2. The molecule has 20 heavy (non-hydrogen) atoms. The van der Waals surface area contributed by atoms with Crippen LogP contribution >= 0.6 is 23.2 Å². The molecule has 1 aliphatic heterocycles. The molecule has 0 saturated carbocycles. The van der Waals surface area contributed by atoms with Crippen molar-refractivity contribution < 1.29 is 13.2 Å². The predicted molar refractivity (Wildman–Crippen MR) is 74.3 cm³/mol. The zero-order chi connectivity index (χ0) is 14.8. The Labute approximate surface area is 125 Å². The van der Waals surface area contributed by atoms with Gasteiger partial charge in [-0.15, -0.1) is 0 Å². The summed E-state index contributed by atoms with van der Waals surface area (Å²) in [6.07, 6.45) is -5.17. The molecule has 1 aromatic rings. The summed E-state index contributed by atoms with van der Waals surface area (Å²) in [6.45, 7) is 2.46. The number of nitrogens with zero attached hydrogens (tertiary/aromatic N) is 1. The zero-order valence-electron chi connectivity index (χ0n) is 10.7. The van der Waals surface area contributed by atoms with E-state index >= 15 is 0 Å². The van der Waals surface area contributed by atoms with Gasteiger partial charge in [-0.25, -0.2) is 0 Å². The molecule has 7 heteroatoms. The Morgan fingerprint density at radius 1 is 1.20 bits per heavy atom. The molecule has 1 heterocycles. The lowest BCUT2D eigenvalue weighted by Gasteiger charge is -2.36. The van der Waals surface area contributed by atoms with Crippen molar-refractivity contribution in [1.82, 2.24) is 10.2 Å². The van der Waals surface area contributed by atoms with Gasteiger partial charge in [0.15, 0.2) is 0 Å². The molecule has 0 aromatic heterocycles. The number of nitrogens with one attached hydrogen (secondary N) is 1. The monoisotopic (exact) mass is 326 g/mol. The van der Waals surface area contributed by atoms with Crippen LogP contribution < -0.4 is 5.32 Å². The van der Waals surface area contributed by atoms with Gasteiger partial charge in [0.2, 0.25) is 0 Å². The summed E-state index contributed by atoms with van der Waals surface area (Å²) < 4.78 is 38.6. The maximum absolute atomic E-state index is 12.9. The van der Waals surface area contributed by atoms with Gasteiger partial charge in [0.1, 0.15) is 0 Å². The molecule has 1 aromatic carbocycles. The molecule has 0 unspecified atom stereocenters. The fraction of sp³-hybridized carbons (Fsp3) is 0.538. The topological polar surface area (TPSA) is 15.3 Å². The largest absolute Gasteiger partial charge is 0.390 e. The van der Waals surface area contributed by atoms with E-state index in [1.54, 1.807) is 18.2 Å². The molecule has 1 atom stereocenters. The van der Waals surface area contributed by atoms with Crippen LogP contribution in [-0.4, -0.2) is 37.3 Å². The van der Waals surface area contributed by atoms with Crippen molar-refractivity contribution in [3.8, 4) is 0 Å². The molecule has 2 rings (SSSR count). The average Bonchev–Trinajstić information content (AvgIpc) is 2.40. The van der Waals surface area contributed by atoms with Gasteiger partial charge in [-0.2, -0.15) is 13.2 Å². The molecule has 0 spiro atoms. The molecule has 1 fully saturated rings. The van der Waals surface area contributed by atoms with E-state index in [9.17, 15) is 13.2 Å². The number of alkyl halides is 3. The summed E-state index contributed by atoms with van der Waals surface area (Å²) >= 11 is 12.0. The fourth-order valence-electron chi connectivity index (χ4n) is 2.43. The lowest BCUT2D eigenvalue weighted by atomic mass is 10.0. The van der Waals surface area contributed by atoms with Crippen molar-refractivity contribution in [3.63, 3.8) is 0 Å². The lowest BCUT2D eigenvalue weighted by molar-refractivity contribution is -0.148. The van der Waals surface area contributed by atoms with Crippen LogP contribution in [0.4, 0.5) is 13.2 Å². The van der Waals surface area contributed by atoms with E-state index < -0.39 is 18.6 Å². The zero-order valence-corrected chi connectivity index (χ0v) is 12.2. The van der Waals surface area contributed by atoms with Gasteiger partial charge in [0, 0.05) is 32.2 Å². The highest BCUT2D eigenvalue weighted by atomic mass is 35.5. The standard InChI is InChI=1S/C13H15Cl2F3N2/c14-10-3-1-2-9(12(10)15)11(8-13(16,17)18)20-6-4-19-5-7-20/h1-3,11,19H,4-8H2/t11-/m0/s1. The van der Waals surface area contributed by atoms with Crippen LogP contribution in [0.1, 0.15) is 18.0 Å². The number of rotatable bonds is 3. The number of hydrogen-bond donors (Lipinski definition) is 1. The van der Waals surface area contributed by atoms with Gasteiger partial charge in [-0.1, -0.05) is 35.3 Å². The molecule has 1 N–H and O–H groups in total. The smallest absolute Gasteiger partial charge is 0.314 e.